The smallest absolute Gasteiger partial charge is 0.341 e. The molecule has 0 radical (unpaired) electrons. The predicted octanol–water partition coefficient (Wildman–Crippen LogP) is 1.95. The zero-order valence-corrected chi connectivity index (χ0v) is 10.6. The maximum atomic E-state index is 11.7. The Kier molecular flexibility index (Phi) is 3.61. The van der Waals surface area contributed by atoms with E-state index in [4.69, 9.17) is 10.5 Å². The van der Waals surface area contributed by atoms with Crippen LogP contribution >= 0.6 is 0 Å². The van der Waals surface area contributed by atoms with Gasteiger partial charge in [-0.2, -0.15) is 0 Å². The fraction of sp³-hybridized carbons (Fsp3) is 0.154. The van der Waals surface area contributed by atoms with Gasteiger partial charge in [0.25, 0.3) is 0 Å². The lowest BCUT2D eigenvalue weighted by atomic mass is 10.2. The van der Waals surface area contributed by atoms with Gasteiger partial charge in [-0.25, -0.2) is 9.78 Å². The van der Waals surface area contributed by atoms with Crippen LogP contribution in [-0.2, 0) is 4.74 Å². The predicted molar refractivity (Wildman–Crippen MR) is 69.0 cm³/mol. The summed E-state index contributed by atoms with van der Waals surface area (Å²) < 4.78 is 10.3. The molecule has 2 N–H and O–H groups in total. The molecule has 2 aromatic rings. The third-order valence-electron chi connectivity index (χ3n) is 2.47. The molecule has 0 unspecified atom stereocenters. The lowest BCUT2D eigenvalue weighted by molar-refractivity contribution is 0.0598. The van der Waals surface area contributed by atoms with Gasteiger partial charge < -0.3 is 15.2 Å². The SMILES string of the molecule is COC(=O)c1cc(N)ncc1Oc1cccnc1C. The number of methoxy groups -OCH3 is 1. The van der Waals surface area contributed by atoms with Gasteiger partial charge in [0.05, 0.1) is 19.0 Å². The summed E-state index contributed by atoms with van der Waals surface area (Å²) in [6.45, 7) is 1.80. The summed E-state index contributed by atoms with van der Waals surface area (Å²) in [7, 11) is 1.29. The molecule has 0 bridgehead atoms. The summed E-state index contributed by atoms with van der Waals surface area (Å²) in [4.78, 5) is 19.7. The Bertz CT molecular complexity index is 614. The highest BCUT2D eigenvalue weighted by molar-refractivity contribution is 5.93. The number of hydrogen-bond acceptors (Lipinski definition) is 6. The van der Waals surface area contributed by atoms with Crippen molar-refractivity contribution >= 4 is 11.8 Å². The lowest BCUT2D eigenvalue weighted by Crippen LogP contribution is -2.06. The fourth-order valence-electron chi connectivity index (χ4n) is 1.51. The van der Waals surface area contributed by atoms with Gasteiger partial charge in [-0.05, 0) is 25.1 Å². The minimum atomic E-state index is -0.536. The standard InChI is InChI=1S/C13H13N3O3/c1-8-10(4-3-5-15-8)19-11-7-16-12(14)6-9(11)13(17)18-2/h3-7H,1-2H3,(H2,14,16). The summed E-state index contributed by atoms with van der Waals surface area (Å²) in [6.07, 6.45) is 3.04. The maximum absolute atomic E-state index is 11.7. The number of esters is 1. The highest BCUT2D eigenvalue weighted by Crippen LogP contribution is 2.27. The van der Waals surface area contributed by atoms with Crippen molar-refractivity contribution in [2.75, 3.05) is 12.8 Å². The number of nitrogens with zero attached hydrogens (tertiary/aromatic N) is 2. The van der Waals surface area contributed by atoms with Crippen molar-refractivity contribution in [3.05, 3.63) is 41.9 Å². The van der Waals surface area contributed by atoms with Crippen molar-refractivity contribution in [2.24, 2.45) is 0 Å². The number of hydrogen-bond donors (Lipinski definition) is 1. The normalized spacial score (nSPS) is 10.0. The molecule has 0 atom stereocenters. The molecule has 2 heterocycles. The Hall–Kier alpha value is -2.63. The third kappa shape index (κ3) is 2.79. The first-order chi connectivity index (χ1) is 9.11. The van der Waals surface area contributed by atoms with Crippen LogP contribution in [0.4, 0.5) is 5.82 Å². The number of nitrogen functional groups attached to an aromatic ring is 1. The molecular formula is C13H13N3O3. The molecular weight excluding hydrogens is 246 g/mol. The number of aryl methyl sites for hydroxylation is 1. The van der Waals surface area contributed by atoms with Crippen LogP contribution in [-0.4, -0.2) is 23.0 Å². The Balaban J connectivity index is 2.40. The fourth-order valence-corrected chi connectivity index (χ4v) is 1.51. The van der Waals surface area contributed by atoms with Crippen LogP contribution < -0.4 is 10.5 Å². The van der Waals surface area contributed by atoms with E-state index in [1.54, 1.807) is 25.3 Å². The number of nitrogens with two attached hydrogens (primary N) is 1. The van der Waals surface area contributed by atoms with Crippen LogP contribution in [0.1, 0.15) is 16.1 Å². The quantitative estimate of drug-likeness (QED) is 0.847. The van der Waals surface area contributed by atoms with Crippen molar-refractivity contribution in [1.29, 1.82) is 0 Å². The average molecular weight is 259 g/mol. The van der Waals surface area contributed by atoms with Crippen molar-refractivity contribution < 1.29 is 14.3 Å². The number of pyridine rings is 2. The van der Waals surface area contributed by atoms with E-state index in [-0.39, 0.29) is 17.1 Å². The van der Waals surface area contributed by atoms with E-state index < -0.39 is 5.97 Å². The van der Waals surface area contributed by atoms with Crippen molar-refractivity contribution in [3.63, 3.8) is 0 Å². The van der Waals surface area contributed by atoms with Gasteiger partial charge in [-0.15, -0.1) is 0 Å². The molecule has 0 saturated heterocycles. The number of aromatic nitrogens is 2. The molecule has 0 aliphatic rings. The first-order valence-electron chi connectivity index (χ1n) is 5.55. The average Bonchev–Trinajstić information content (AvgIpc) is 2.42. The summed E-state index contributed by atoms with van der Waals surface area (Å²) in [6, 6.07) is 4.90. The van der Waals surface area contributed by atoms with Gasteiger partial charge in [0, 0.05) is 6.20 Å². The second-order valence-corrected chi connectivity index (χ2v) is 3.79. The first-order valence-corrected chi connectivity index (χ1v) is 5.55. The molecule has 0 saturated carbocycles. The molecule has 0 aliphatic carbocycles. The van der Waals surface area contributed by atoms with Gasteiger partial charge in [-0.1, -0.05) is 0 Å². The minimum Gasteiger partial charge on any atom is -0.465 e. The zero-order valence-electron chi connectivity index (χ0n) is 10.6. The molecule has 0 spiro atoms. The maximum Gasteiger partial charge on any atom is 0.341 e. The van der Waals surface area contributed by atoms with E-state index in [1.165, 1.54) is 19.4 Å². The van der Waals surface area contributed by atoms with Gasteiger partial charge in [-0.3, -0.25) is 4.98 Å². The van der Waals surface area contributed by atoms with E-state index in [1.807, 2.05) is 0 Å². The lowest BCUT2D eigenvalue weighted by Gasteiger charge is -2.11. The van der Waals surface area contributed by atoms with E-state index in [9.17, 15) is 4.79 Å². The highest BCUT2D eigenvalue weighted by atomic mass is 16.5. The number of ether oxygens (including phenoxy) is 2. The molecule has 0 aromatic carbocycles. The summed E-state index contributed by atoms with van der Waals surface area (Å²) in [5, 5.41) is 0. The number of anilines is 1. The van der Waals surface area contributed by atoms with Crippen LogP contribution in [0.25, 0.3) is 0 Å². The summed E-state index contributed by atoms with van der Waals surface area (Å²) in [5.74, 6) is 0.498. The van der Waals surface area contributed by atoms with Crippen LogP contribution in [0.5, 0.6) is 11.5 Å². The van der Waals surface area contributed by atoms with Crippen LogP contribution in [0, 0.1) is 6.92 Å². The highest BCUT2D eigenvalue weighted by Gasteiger charge is 2.15. The van der Waals surface area contributed by atoms with Gasteiger partial charge in [0.15, 0.2) is 5.75 Å². The molecule has 98 valence electrons. The Morgan fingerprint density at radius 2 is 2.11 bits per heavy atom. The largest absolute Gasteiger partial charge is 0.465 e. The topological polar surface area (TPSA) is 87.3 Å². The van der Waals surface area contributed by atoms with Gasteiger partial charge >= 0.3 is 5.97 Å². The minimum absolute atomic E-state index is 0.218. The van der Waals surface area contributed by atoms with Crippen molar-refractivity contribution in [1.82, 2.24) is 9.97 Å². The number of carbonyl (C=O) groups is 1. The van der Waals surface area contributed by atoms with Crippen molar-refractivity contribution in [2.45, 2.75) is 6.92 Å². The Labute approximate surface area is 110 Å². The number of rotatable bonds is 3. The monoisotopic (exact) mass is 259 g/mol. The second kappa shape index (κ2) is 5.34. The van der Waals surface area contributed by atoms with E-state index in [0.29, 0.717) is 11.4 Å². The molecule has 2 aromatic heterocycles. The molecule has 0 fully saturated rings. The van der Waals surface area contributed by atoms with Crippen LogP contribution in [0.15, 0.2) is 30.6 Å². The molecule has 6 heteroatoms. The number of carbonyl (C=O) groups excluding carboxylic acids is 1. The molecule has 2 rings (SSSR count). The van der Waals surface area contributed by atoms with Crippen molar-refractivity contribution in [3.8, 4) is 11.5 Å². The first kappa shape index (κ1) is 12.8. The third-order valence-corrected chi connectivity index (χ3v) is 2.47. The van der Waals surface area contributed by atoms with Gasteiger partial charge in [0.2, 0.25) is 0 Å². The molecule has 0 amide bonds. The molecule has 6 nitrogen and oxygen atoms in total. The zero-order chi connectivity index (χ0) is 13.8. The van der Waals surface area contributed by atoms with Gasteiger partial charge in [0.1, 0.15) is 17.1 Å². The summed E-state index contributed by atoms with van der Waals surface area (Å²) >= 11 is 0. The van der Waals surface area contributed by atoms with Crippen LogP contribution in [0.3, 0.4) is 0 Å². The Morgan fingerprint density at radius 1 is 1.32 bits per heavy atom. The summed E-state index contributed by atoms with van der Waals surface area (Å²) in [5.41, 5.74) is 6.48. The second-order valence-electron chi connectivity index (χ2n) is 3.79. The van der Waals surface area contributed by atoms with E-state index in [2.05, 4.69) is 14.7 Å². The Morgan fingerprint density at radius 3 is 2.79 bits per heavy atom. The van der Waals surface area contributed by atoms with E-state index in [0.717, 1.165) is 0 Å². The molecule has 0 aliphatic heterocycles. The molecule has 19 heavy (non-hydrogen) atoms. The van der Waals surface area contributed by atoms with E-state index >= 15 is 0 Å². The van der Waals surface area contributed by atoms with Crippen LogP contribution in [0.2, 0.25) is 0 Å².